The second-order valence-corrected chi connectivity index (χ2v) is 7.20. The van der Waals surface area contributed by atoms with Crippen LogP contribution in [0.4, 0.5) is 5.69 Å². The summed E-state index contributed by atoms with van der Waals surface area (Å²) in [7, 11) is 0. The van der Waals surface area contributed by atoms with Crippen LogP contribution in [-0.4, -0.2) is 71.9 Å². The molecule has 0 atom stereocenters. The third-order valence-corrected chi connectivity index (χ3v) is 4.85. The Morgan fingerprint density at radius 2 is 2.00 bits per heavy atom. The van der Waals surface area contributed by atoms with Crippen molar-refractivity contribution in [1.82, 2.24) is 20.4 Å². The van der Waals surface area contributed by atoms with Crippen molar-refractivity contribution >= 4 is 41.5 Å². The van der Waals surface area contributed by atoms with Gasteiger partial charge in [0, 0.05) is 50.9 Å². The number of rotatable bonds is 7. The van der Waals surface area contributed by atoms with Crippen molar-refractivity contribution in [1.29, 1.82) is 0 Å². The van der Waals surface area contributed by atoms with Crippen molar-refractivity contribution in [2.75, 3.05) is 39.3 Å². The first-order chi connectivity index (χ1) is 13.5. The average Bonchev–Trinajstić information content (AvgIpc) is 3.50. The minimum Gasteiger partial charge on any atom is -0.357 e. The number of benzene rings is 1. The van der Waals surface area contributed by atoms with Gasteiger partial charge in [-0.05, 0) is 25.3 Å². The monoisotopic (exact) mass is 516 g/mol. The van der Waals surface area contributed by atoms with Crippen LogP contribution in [0.15, 0.2) is 29.3 Å². The Labute approximate surface area is 188 Å². The number of hydrogen-bond acceptors (Lipinski definition) is 5. The Morgan fingerprint density at radius 3 is 2.62 bits per heavy atom. The van der Waals surface area contributed by atoms with Gasteiger partial charge in [0.15, 0.2) is 5.96 Å². The molecule has 1 saturated carbocycles. The fourth-order valence-electron chi connectivity index (χ4n) is 3.18. The topological polar surface area (TPSA) is 103 Å². The maximum Gasteiger partial charge on any atom is 0.269 e. The zero-order chi connectivity index (χ0) is 19.9. The van der Waals surface area contributed by atoms with Crippen LogP contribution >= 0.6 is 24.0 Å². The second-order valence-electron chi connectivity index (χ2n) is 7.20. The Morgan fingerprint density at radius 1 is 1.28 bits per heavy atom. The second kappa shape index (κ2) is 11.3. The predicted octanol–water partition coefficient (Wildman–Crippen LogP) is 1.57. The van der Waals surface area contributed by atoms with E-state index in [0.29, 0.717) is 19.1 Å². The van der Waals surface area contributed by atoms with Crippen LogP contribution < -0.4 is 10.6 Å². The lowest BCUT2D eigenvalue weighted by Crippen LogP contribution is -2.54. The van der Waals surface area contributed by atoms with Crippen molar-refractivity contribution in [3.63, 3.8) is 0 Å². The van der Waals surface area contributed by atoms with Crippen LogP contribution in [0.5, 0.6) is 0 Å². The molecule has 0 spiro atoms. The lowest BCUT2D eigenvalue weighted by atomic mass is 10.2. The quantitative estimate of drug-likeness (QED) is 0.188. The molecule has 2 N–H and O–H groups in total. The number of nitro benzene ring substituents is 1. The van der Waals surface area contributed by atoms with Crippen LogP contribution in [0.25, 0.3) is 0 Å². The number of guanidine groups is 1. The SMILES string of the molecule is CCNC(=NCc1cccc([N+](=O)[O-])c1)N1CCN(CC(=O)NC2CC2)CC1.I. The molecule has 1 aromatic carbocycles. The number of halogens is 1. The minimum absolute atomic E-state index is 0. The summed E-state index contributed by atoms with van der Waals surface area (Å²) >= 11 is 0. The standard InChI is InChI=1S/C19H28N6O3.HI/c1-2-20-19(21-13-15-4-3-5-17(12-15)25(27)28)24-10-8-23(9-11-24)14-18(26)22-16-6-7-16;/h3-5,12,16H,2,6-11,13-14H2,1H3,(H,20,21)(H,22,26);1H. The summed E-state index contributed by atoms with van der Waals surface area (Å²) < 4.78 is 0. The number of nitro groups is 1. The van der Waals surface area contributed by atoms with E-state index >= 15 is 0 Å². The molecule has 0 aromatic heterocycles. The number of nitrogens with zero attached hydrogens (tertiary/aromatic N) is 4. The summed E-state index contributed by atoms with van der Waals surface area (Å²) in [6, 6.07) is 6.97. The van der Waals surface area contributed by atoms with E-state index in [2.05, 4.69) is 25.4 Å². The Kier molecular flexibility index (Phi) is 9.08. The molecule has 1 amide bonds. The van der Waals surface area contributed by atoms with Crippen LogP contribution in [0, 0.1) is 10.1 Å². The normalized spacial score (nSPS) is 17.4. The minimum atomic E-state index is -0.392. The largest absolute Gasteiger partial charge is 0.357 e. The smallest absolute Gasteiger partial charge is 0.269 e. The van der Waals surface area contributed by atoms with Crippen LogP contribution in [-0.2, 0) is 11.3 Å². The van der Waals surface area contributed by atoms with Crippen molar-refractivity contribution in [3.8, 4) is 0 Å². The van der Waals surface area contributed by atoms with E-state index in [9.17, 15) is 14.9 Å². The molecule has 160 valence electrons. The molecule has 29 heavy (non-hydrogen) atoms. The molecule has 1 saturated heterocycles. The van der Waals surface area contributed by atoms with Crippen molar-refractivity contribution in [2.45, 2.75) is 32.4 Å². The van der Waals surface area contributed by atoms with Gasteiger partial charge in [-0.2, -0.15) is 0 Å². The molecule has 0 unspecified atom stereocenters. The Balaban J connectivity index is 0.00000300. The highest BCUT2D eigenvalue weighted by atomic mass is 127. The van der Waals surface area contributed by atoms with E-state index in [-0.39, 0.29) is 35.6 Å². The van der Waals surface area contributed by atoms with Gasteiger partial charge in [-0.1, -0.05) is 12.1 Å². The predicted molar refractivity (Wildman–Crippen MR) is 123 cm³/mol. The van der Waals surface area contributed by atoms with Gasteiger partial charge < -0.3 is 15.5 Å². The van der Waals surface area contributed by atoms with Gasteiger partial charge in [-0.25, -0.2) is 4.99 Å². The molecule has 9 nitrogen and oxygen atoms in total. The highest BCUT2D eigenvalue weighted by molar-refractivity contribution is 14.0. The number of carbonyl (C=O) groups excluding carboxylic acids is 1. The van der Waals surface area contributed by atoms with E-state index in [1.54, 1.807) is 12.1 Å². The lowest BCUT2D eigenvalue weighted by Gasteiger charge is -2.36. The fourth-order valence-corrected chi connectivity index (χ4v) is 3.18. The number of aliphatic imine (C=N–C) groups is 1. The lowest BCUT2D eigenvalue weighted by molar-refractivity contribution is -0.384. The molecule has 1 aliphatic carbocycles. The molecular weight excluding hydrogens is 487 g/mol. The maximum atomic E-state index is 12.0. The van der Waals surface area contributed by atoms with Crippen LogP contribution in [0.3, 0.4) is 0 Å². The summed E-state index contributed by atoms with van der Waals surface area (Å²) in [5.41, 5.74) is 0.885. The molecule has 3 rings (SSSR count). The molecular formula is C19H29IN6O3. The van der Waals surface area contributed by atoms with Gasteiger partial charge in [-0.15, -0.1) is 24.0 Å². The summed E-state index contributed by atoms with van der Waals surface area (Å²) in [5.74, 6) is 0.915. The maximum absolute atomic E-state index is 12.0. The number of non-ortho nitro benzene ring substituents is 1. The van der Waals surface area contributed by atoms with Crippen molar-refractivity contribution in [3.05, 3.63) is 39.9 Å². The fraction of sp³-hybridized carbons (Fsp3) is 0.579. The van der Waals surface area contributed by atoms with Gasteiger partial charge >= 0.3 is 0 Å². The molecule has 0 bridgehead atoms. The third-order valence-electron chi connectivity index (χ3n) is 4.85. The molecule has 2 aliphatic rings. The van der Waals surface area contributed by atoms with Gasteiger partial charge in [0.25, 0.3) is 5.69 Å². The van der Waals surface area contributed by atoms with E-state index < -0.39 is 4.92 Å². The van der Waals surface area contributed by atoms with Gasteiger partial charge in [0.2, 0.25) is 5.91 Å². The molecule has 1 aromatic rings. The third kappa shape index (κ3) is 7.42. The van der Waals surface area contributed by atoms with E-state index in [0.717, 1.165) is 57.1 Å². The van der Waals surface area contributed by atoms with Gasteiger partial charge in [0.1, 0.15) is 0 Å². The Hall–Kier alpha value is -1.95. The van der Waals surface area contributed by atoms with Crippen LogP contribution in [0.2, 0.25) is 0 Å². The summed E-state index contributed by atoms with van der Waals surface area (Å²) in [5, 5.41) is 17.2. The first-order valence-electron chi connectivity index (χ1n) is 9.83. The number of amides is 1. The number of nitrogens with one attached hydrogen (secondary N) is 2. The molecule has 1 aliphatic heterocycles. The average molecular weight is 516 g/mol. The van der Waals surface area contributed by atoms with Gasteiger partial charge in [-0.3, -0.25) is 19.8 Å². The Bertz CT molecular complexity index is 732. The zero-order valence-corrected chi connectivity index (χ0v) is 19.0. The number of carbonyl (C=O) groups is 1. The van der Waals surface area contributed by atoms with Crippen LogP contribution in [0.1, 0.15) is 25.3 Å². The zero-order valence-electron chi connectivity index (χ0n) is 16.7. The number of piperazine rings is 1. The van der Waals surface area contributed by atoms with E-state index in [1.165, 1.54) is 6.07 Å². The van der Waals surface area contributed by atoms with E-state index in [4.69, 9.17) is 0 Å². The van der Waals surface area contributed by atoms with Crippen molar-refractivity contribution < 1.29 is 9.72 Å². The van der Waals surface area contributed by atoms with E-state index in [1.807, 2.05) is 13.0 Å². The van der Waals surface area contributed by atoms with Gasteiger partial charge in [0.05, 0.1) is 18.0 Å². The molecule has 0 radical (unpaired) electrons. The summed E-state index contributed by atoms with van der Waals surface area (Å²) in [4.78, 5) is 31.5. The first-order valence-corrected chi connectivity index (χ1v) is 9.83. The molecule has 1 heterocycles. The highest BCUT2D eigenvalue weighted by Gasteiger charge is 2.25. The summed E-state index contributed by atoms with van der Waals surface area (Å²) in [6.45, 7) is 6.78. The highest BCUT2D eigenvalue weighted by Crippen LogP contribution is 2.18. The molecule has 2 fully saturated rings. The van der Waals surface area contributed by atoms with Crippen molar-refractivity contribution in [2.24, 2.45) is 4.99 Å². The molecule has 10 heteroatoms. The summed E-state index contributed by atoms with van der Waals surface area (Å²) in [6.07, 6.45) is 2.21. The first kappa shape index (κ1) is 23.3. The number of hydrogen-bond donors (Lipinski definition) is 2.